The van der Waals surface area contributed by atoms with E-state index in [1.807, 2.05) is 0 Å². The van der Waals surface area contributed by atoms with E-state index in [-0.39, 0.29) is 5.75 Å². The molecule has 0 aromatic heterocycles. The van der Waals surface area contributed by atoms with E-state index in [2.05, 4.69) is 4.74 Å². The maximum Gasteiger partial charge on any atom is 0.573 e. The van der Waals surface area contributed by atoms with Crippen molar-refractivity contribution in [2.75, 3.05) is 13.2 Å². The number of benzene rings is 1. The molecule has 2 unspecified atom stereocenters. The molecule has 1 fully saturated rings. The first-order chi connectivity index (χ1) is 8.96. The Bertz CT molecular complexity index is 417. The van der Waals surface area contributed by atoms with E-state index in [1.165, 1.54) is 12.1 Å². The Labute approximate surface area is 109 Å². The van der Waals surface area contributed by atoms with Gasteiger partial charge in [0, 0.05) is 24.8 Å². The highest BCUT2D eigenvalue weighted by Gasteiger charge is 2.33. The highest BCUT2D eigenvalue weighted by atomic mass is 19.4. The standard InChI is InChI=1S/C13H16F3NO2/c14-13(15,16)19-12-4-2-1-3-10(12)11(17)7-9-5-6-18-8-9/h1-4,9,11H,5-8,17H2. The van der Waals surface area contributed by atoms with Crippen LogP contribution < -0.4 is 10.5 Å². The van der Waals surface area contributed by atoms with Crippen LogP contribution in [0.4, 0.5) is 13.2 Å². The second kappa shape index (κ2) is 5.79. The van der Waals surface area contributed by atoms with Gasteiger partial charge < -0.3 is 15.2 Å². The minimum absolute atomic E-state index is 0.221. The quantitative estimate of drug-likeness (QED) is 0.918. The molecule has 0 radical (unpaired) electrons. The fraction of sp³-hybridized carbons (Fsp3) is 0.538. The summed E-state index contributed by atoms with van der Waals surface area (Å²) in [5, 5.41) is 0. The number of para-hydroxylation sites is 1. The van der Waals surface area contributed by atoms with Crippen LogP contribution >= 0.6 is 0 Å². The van der Waals surface area contributed by atoms with Gasteiger partial charge in [0.15, 0.2) is 0 Å². The van der Waals surface area contributed by atoms with Gasteiger partial charge in [-0.25, -0.2) is 0 Å². The second-order valence-electron chi connectivity index (χ2n) is 4.66. The van der Waals surface area contributed by atoms with Crippen LogP contribution in [0.15, 0.2) is 24.3 Å². The van der Waals surface area contributed by atoms with Crippen LogP contribution in [-0.2, 0) is 4.74 Å². The molecular weight excluding hydrogens is 259 g/mol. The molecule has 2 atom stereocenters. The SMILES string of the molecule is NC(CC1CCOC1)c1ccccc1OC(F)(F)F. The van der Waals surface area contributed by atoms with Gasteiger partial charge in [-0.15, -0.1) is 13.2 Å². The van der Waals surface area contributed by atoms with Crippen LogP contribution in [0.25, 0.3) is 0 Å². The van der Waals surface area contributed by atoms with Crippen LogP contribution in [0.5, 0.6) is 5.75 Å². The van der Waals surface area contributed by atoms with Crippen LogP contribution in [0.2, 0.25) is 0 Å². The van der Waals surface area contributed by atoms with Gasteiger partial charge in [0.1, 0.15) is 5.75 Å². The lowest BCUT2D eigenvalue weighted by Gasteiger charge is -2.19. The molecule has 3 nitrogen and oxygen atoms in total. The molecule has 106 valence electrons. The summed E-state index contributed by atoms with van der Waals surface area (Å²) in [6.07, 6.45) is -3.21. The Morgan fingerprint density at radius 1 is 1.37 bits per heavy atom. The Kier molecular flexibility index (Phi) is 4.31. The van der Waals surface area contributed by atoms with Crippen molar-refractivity contribution < 1.29 is 22.6 Å². The fourth-order valence-electron chi connectivity index (χ4n) is 2.26. The first-order valence-corrected chi connectivity index (χ1v) is 6.13. The highest BCUT2D eigenvalue weighted by Crippen LogP contribution is 2.33. The normalized spacial score (nSPS) is 21.4. The lowest BCUT2D eigenvalue weighted by atomic mass is 9.94. The molecule has 0 saturated carbocycles. The molecular formula is C13H16F3NO2. The van der Waals surface area contributed by atoms with Crippen LogP contribution in [-0.4, -0.2) is 19.6 Å². The molecule has 0 bridgehead atoms. The van der Waals surface area contributed by atoms with Crippen molar-refractivity contribution in [3.8, 4) is 5.75 Å². The number of hydrogen-bond donors (Lipinski definition) is 1. The first-order valence-electron chi connectivity index (χ1n) is 6.13. The van der Waals surface area contributed by atoms with E-state index in [9.17, 15) is 13.2 Å². The van der Waals surface area contributed by atoms with Crippen LogP contribution in [0.1, 0.15) is 24.4 Å². The second-order valence-corrected chi connectivity index (χ2v) is 4.66. The van der Waals surface area contributed by atoms with E-state index in [1.54, 1.807) is 12.1 Å². The monoisotopic (exact) mass is 275 g/mol. The zero-order chi connectivity index (χ0) is 13.9. The van der Waals surface area contributed by atoms with E-state index >= 15 is 0 Å². The number of halogens is 3. The number of nitrogens with two attached hydrogens (primary N) is 1. The van der Waals surface area contributed by atoms with Gasteiger partial charge in [0.25, 0.3) is 0 Å². The van der Waals surface area contributed by atoms with Gasteiger partial charge in [-0.2, -0.15) is 0 Å². The molecule has 0 aliphatic carbocycles. The van der Waals surface area contributed by atoms with E-state index < -0.39 is 12.4 Å². The van der Waals surface area contributed by atoms with Crippen molar-refractivity contribution in [3.05, 3.63) is 29.8 Å². The zero-order valence-corrected chi connectivity index (χ0v) is 10.3. The molecule has 0 amide bonds. The van der Waals surface area contributed by atoms with Crippen LogP contribution in [0.3, 0.4) is 0 Å². The minimum Gasteiger partial charge on any atom is -0.405 e. The maximum atomic E-state index is 12.3. The van der Waals surface area contributed by atoms with E-state index in [0.29, 0.717) is 31.1 Å². The Morgan fingerprint density at radius 3 is 2.74 bits per heavy atom. The molecule has 1 aliphatic rings. The predicted octanol–water partition coefficient (Wildman–Crippen LogP) is 3.01. The number of ether oxygens (including phenoxy) is 2. The average molecular weight is 275 g/mol. The smallest absolute Gasteiger partial charge is 0.405 e. The molecule has 2 rings (SSSR count). The van der Waals surface area contributed by atoms with Gasteiger partial charge in [-0.05, 0) is 24.8 Å². The van der Waals surface area contributed by atoms with Crippen molar-refractivity contribution in [3.63, 3.8) is 0 Å². The molecule has 6 heteroatoms. The summed E-state index contributed by atoms with van der Waals surface area (Å²) in [5.41, 5.74) is 6.37. The van der Waals surface area contributed by atoms with Crippen molar-refractivity contribution in [1.82, 2.24) is 0 Å². The molecule has 1 aromatic carbocycles. The third-order valence-electron chi connectivity index (χ3n) is 3.16. The summed E-state index contributed by atoms with van der Waals surface area (Å²) in [4.78, 5) is 0. The van der Waals surface area contributed by atoms with Gasteiger partial charge in [-0.3, -0.25) is 0 Å². The first kappa shape index (κ1) is 14.1. The Morgan fingerprint density at radius 2 is 2.11 bits per heavy atom. The third kappa shape index (κ3) is 4.11. The summed E-state index contributed by atoms with van der Waals surface area (Å²) in [6, 6.07) is 5.53. The fourth-order valence-corrected chi connectivity index (χ4v) is 2.26. The van der Waals surface area contributed by atoms with Gasteiger partial charge in [-0.1, -0.05) is 18.2 Å². The van der Waals surface area contributed by atoms with Gasteiger partial charge in [0.2, 0.25) is 0 Å². The molecule has 1 aromatic rings. The molecule has 1 aliphatic heterocycles. The molecule has 2 N–H and O–H groups in total. The lowest BCUT2D eigenvalue weighted by Crippen LogP contribution is -2.21. The maximum absolute atomic E-state index is 12.3. The summed E-state index contributed by atoms with van der Waals surface area (Å²) >= 11 is 0. The predicted molar refractivity (Wildman–Crippen MR) is 63.6 cm³/mol. The zero-order valence-electron chi connectivity index (χ0n) is 10.3. The van der Waals surface area contributed by atoms with Crippen molar-refractivity contribution in [1.29, 1.82) is 0 Å². The number of hydrogen-bond acceptors (Lipinski definition) is 3. The van der Waals surface area contributed by atoms with Crippen molar-refractivity contribution in [2.45, 2.75) is 25.2 Å². The largest absolute Gasteiger partial charge is 0.573 e. The van der Waals surface area contributed by atoms with Crippen molar-refractivity contribution >= 4 is 0 Å². The number of alkyl halides is 3. The van der Waals surface area contributed by atoms with Crippen molar-refractivity contribution in [2.24, 2.45) is 11.7 Å². The molecule has 1 saturated heterocycles. The average Bonchev–Trinajstić information content (AvgIpc) is 2.80. The summed E-state index contributed by atoms with van der Waals surface area (Å²) in [5.74, 6) is 0.0790. The van der Waals surface area contributed by atoms with Crippen LogP contribution in [0, 0.1) is 5.92 Å². The third-order valence-corrected chi connectivity index (χ3v) is 3.16. The lowest BCUT2D eigenvalue weighted by molar-refractivity contribution is -0.275. The van der Waals surface area contributed by atoms with Gasteiger partial charge in [0.05, 0.1) is 0 Å². The molecule has 19 heavy (non-hydrogen) atoms. The minimum atomic E-state index is -4.70. The molecule has 1 heterocycles. The Balaban J connectivity index is 2.09. The topological polar surface area (TPSA) is 44.5 Å². The van der Waals surface area contributed by atoms with E-state index in [4.69, 9.17) is 10.5 Å². The van der Waals surface area contributed by atoms with Gasteiger partial charge >= 0.3 is 6.36 Å². The summed E-state index contributed by atoms with van der Waals surface area (Å²) in [6.45, 7) is 1.31. The molecule has 0 spiro atoms. The number of rotatable bonds is 4. The summed E-state index contributed by atoms with van der Waals surface area (Å²) < 4.78 is 46.2. The summed E-state index contributed by atoms with van der Waals surface area (Å²) in [7, 11) is 0. The van der Waals surface area contributed by atoms with E-state index in [0.717, 1.165) is 6.42 Å². The Hall–Kier alpha value is -1.27. The highest BCUT2D eigenvalue weighted by molar-refractivity contribution is 5.35.